The summed E-state index contributed by atoms with van der Waals surface area (Å²) >= 11 is 0. The molecule has 1 unspecified atom stereocenters. The summed E-state index contributed by atoms with van der Waals surface area (Å²) in [4.78, 5) is 4.36. The van der Waals surface area contributed by atoms with Crippen molar-refractivity contribution in [2.24, 2.45) is 12.8 Å². The van der Waals surface area contributed by atoms with E-state index in [1.165, 1.54) is 0 Å². The maximum atomic E-state index is 6.44. The molecule has 3 aromatic rings. The standard InChI is InChI=1S/C15H16N4O/c1-19-15(13(20-2)9-18-19)14(16)11-7-8-17-12-6-4-3-5-10(11)12/h3-9,14H,16H2,1-2H3. The molecule has 102 valence electrons. The minimum absolute atomic E-state index is 0.314. The smallest absolute Gasteiger partial charge is 0.161 e. The lowest BCUT2D eigenvalue weighted by atomic mass is 10.00. The summed E-state index contributed by atoms with van der Waals surface area (Å²) in [5.41, 5.74) is 9.23. The Hall–Kier alpha value is -2.40. The van der Waals surface area contributed by atoms with Crippen LogP contribution in [0.25, 0.3) is 10.9 Å². The average Bonchev–Trinajstić information content (AvgIpc) is 2.87. The van der Waals surface area contributed by atoms with Gasteiger partial charge in [0.1, 0.15) is 5.69 Å². The van der Waals surface area contributed by atoms with Crippen molar-refractivity contribution in [3.8, 4) is 5.75 Å². The molecule has 0 saturated heterocycles. The van der Waals surface area contributed by atoms with Gasteiger partial charge in [-0.05, 0) is 17.7 Å². The number of para-hydroxylation sites is 1. The number of hydrogen-bond donors (Lipinski definition) is 1. The summed E-state index contributed by atoms with van der Waals surface area (Å²) in [5.74, 6) is 0.695. The molecule has 0 amide bonds. The third-order valence-electron chi connectivity index (χ3n) is 3.48. The van der Waals surface area contributed by atoms with Gasteiger partial charge in [-0.1, -0.05) is 18.2 Å². The van der Waals surface area contributed by atoms with E-state index in [4.69, 9.17) is 10.5 Å². The number of nitrogens with zero attached hydrogens (tertiary/aromatic N) is 3. The largest absolute Gasteiger partial charge is 0.493 e. The van der Waals surface area contributed by atoms with Crippen LogP contribution in [0, 0.1) is 0 Å². The molecule has 0 radical (unpaired) electrons. The highest BCUT2D eigenvalue weighted by Crippen LogP contribution is 2.30. The van der Waals surface area contributed by atoms with E-state index in [1.807, 2.05) is 37.4 Å². The van der Waals surface area contributed by atoms with Crippen molar-refractivity contribution in [3.63, 3.8) is 0 Å². The fraction of sp³-hybridized carbons (Fsp3) is 0.200. The highest BCUT2D eigenvalue weighted by molar-refractivity contribution is 5.82. The van der Waals surface area contributed by atoms with Gasteiger partial charge >= 0.3 is 0 Å². The molecule has 0 fully saturated rings. The summed E-state index contributed by atoms with van der Waals surface area (Å²) in [6.45, 7) is 0. The number of methoxy groups -OCH3 is 1. The van der Waals surface area contributed by atoms with Gasteiger partial charge in [0, 0.05) is 18.6 Å². The molecule has 2 aromatic heterocycles. The predicted molar refractivity (Wildman–Crippen MR) is 77.5 cm³/mol. The molecule has 0 saturated carbocycles. The van der Waals surface area contributed by atoms with Gasteiger partial charge < -0.3 is 10.5 Å². The zero-order valence-corrected chi connectivity index (χ0v) is 11.4. The fourth-order valence-electron chi connectivity index (χ4n) is 2.48. The second-order valence-electron chi connectivity index (χ2n) is 4.62. The van der Waals surface area contributed by atoms with Crippen molar-refractivity contribution >= 4 is 10.9 Å². The van der Waals surface area contributed by atoms with Crippen LogP contribution >= 0.6 is 0 Å². The Balaban J connectivity index is 2.17. The molecule has 0 aliphatic carbocycles. The van der Waals surface area contributed by atoms with E-state index in [0.29, 0.717) is 5.75 Å². The van der Waals surface area contributed by atoms with E-state index in [1.54, 1.807) is 24.2 Å². The molecule has 2 N–H and O–H groups in total. The maximum absolute atomic E-state index is 6.44. The molecule has 2 heterocycles. The van der Waals surface area contributed by atoms with E-state index in [2.05, 4.69) is 10.1 Å². The van der Waals surface area contributed by atoms with Gasteiger partial charge in [-0.25, -0.2) is 0 Å². The lowest BCUT2D eigenvalue weighted by Gasteiger charge is -2.16. The van der Waals surface area contributed by atoms with Crippen LogP contribution in [0.4, 0.5) is 0 Å². The Labute approximate surface area is 117 Å². The lowest BCUT2D eigenvalue weighted by molar-refractivity contribution is 0.406. The molecule has 0 aliphatic heterocycles. The quantitative estimate of drug-likeness (QED) is 0.789. The number of rotatable bonds is 3. The zero-order chi connectivity index (χ0) is 14.1. The molecule has 1 aromatic carbocycles. The van der Waals surface area contributed by atoms with E-state index in [9.17, 15) is 0 Å². The molecular weight excluding hydrogens is 252 g/mol. The number of aromatic nitrogens is 3. The average molecular weight is 268 g/mol. The summed E-state index contributed by atoms with van der Waals surface area (Å²) in [6.07, 6.45) is 3.46. The lowest BCUT2D eigenvalue weighted by Crippen LogP contribution is -2.17. The zero-order valence-electron chi connectivity index (χ0n) is 11.4. The Morgan fingerprint density at radius 3 is 2.85 bits per heavy atom. The molecule has 0 spiro atoms. The first-order valence-electron chi connectivity index (χ1n) is 6.37. The van der Waals surface area contributed by atoms with E-state index >= 15 is 0 Å². The summed E-state index contributed by atoms with van der Waals surface area (Å²) in [6, 6.07) is 9.59. The van der Waals surface area contributed by atoms with Gasteiger partial charge in [-0.15, -0.1) is 0 Å². The molecule has 5 nitrogen and oxygen atoms in total. The van der Waals surface area contributed by atoms with Gasteiger partial charge in [0.25, 0.3) is 0 Å². The SMILES string of the molecule is COc1cnn(C)c1C(N)c1ccnc2ccccc12. The van der Waals surface area contributed by atoms with Gasteiger partial charge in [0.05, 0.1) is 24.9 Å². The molecule has 20 heavy (non-hydrogen) atoms. The van der Waals surface area contributed by atoms with Crippen LogP contribution in [-0.4, -0.2) is 21.9 Å². The van der Waals surface area contributed by atoms with Crippen LogP contribution in [-0.2, 0) is 7.05 Å². The van der Waals surface area contributed by atoms with E-state index in [-0.39, 0.29) is 6.04 Å². The second kappa shape index (κ2) is 4.94. The second-order valence-corrected chi connectivity index (χ2v) is 4.62. The first-order chi connectivity index (χ1) is 9.72. The summed E-state index contributed by atoms with van der Waals surface area (Å²) in [5, 5.41) is 5.26. The Kier molecular flexibility index (Phi) is 3.12. The van der Waals surface area contributed by atoms with Crippen molar-refractivity contribution in [2.45, 2.75) is 6.04 Å². The van der Waals surface area contributed by atoms with Gasteiger partial charge in [0.2, 0.25) is 0 Å². The van der Waals surface area contributed by atoms with Crippen LogP contribution in [0.2, 0.25) is 0 Å². The molecule has 3 rings (SSSR count). The minimum atomic E-state index is -0.314. The number of hydrogen-bond acceptors (Lipinski definition) is 4. The highest BCUT2D eigenvalue weighted by atomic mass is 16.5. The van der Waals surface area contributed by atoms with Crippen LogP contribution in [0.15, 0.2) is 42.7 Å². The fourth-order valence-corrected chi connectivity index (χ4v) is 2.48. The Bertz CT molecular complexity index is 745. The van der Waals surface area contributed by atoms with E-state index < -0.39 is 0 Å². The van der Waals surface area contributed by atoms with Gasteiger partial charge in [-0.3, -0.25) is 9.67 Å². The number of nitrogens with two attached hydrogens (primary N) is 1. The highest BCUT2D eigenvalue weighted by Gasteiger charge is 2.20. The third kappa shape index (κ3) is 1.92. The molecule has 0 bridgehead atoms. The maximum Gasteiger partial charge on any atom is 0.161 e. The van der Waals surface area contributed by atoms with Crippen molar-refractivity contribution in [1.82, 2.24) is 14.8 Å². The minimum Gasteiger partial charge on any atom is -0.493 e. The molecule has 1 atom stereocenters. The van der Waals surface area contributed by atoms with Crippen molar-refractivity contribution in [2.75, 3.05) is 7.11 Å². The van der Waals surface area contributed by atoms with Gasteiger partial charge in [-0.2, -0.15) is 5.10 Å². The third-order valence-corrected chi connectivity index (χ3v) is 3.48. The van der Waals surface area contributed by atoms with Gasteiger partial charge in [0.15, 0.2) is 5.75 Å². The van der Waals surface area contributed by atoms with Crippen molar-refractivity contribution < 1.29 is 4.74 Å². The summed E-state index contributed by atoms with van der Waals surface area (Å²) < 4.78 is 7.09. The monoisotopic (exact) mass is 268 g/mol. The Morgan fingerprint density at radius 1 is 1.25 bits per heavy atom. The van der Waals surface area contributed by atoms with Crippen LogP contribution < -0.4 is 10.5 Å². The van der Waals surface area contributed by atoms with Crippen molar-refractivity contribution in [3.05, 3.63) is 54.0 Å². The molecule has 0 aliphatic rings. The van der Waals surface area contributed by atoms with Crippen LogP contribution in [0.1, 0.15) is 17.3 Å². The predicted octanol–water partition coefficient (Wildman–Crippen LogP) is 2.02. The number of pyridine rings is 1. The van der Waals surface area contributed by atoms with Crippen LogP contribution in [0.3, 0.4) is 0 Å². The normalized spacial score (nSPS) is 12.6. The topological polar surface area (TPSA) is 66.0 Å². The number of ether oxygens (including phenoxy) is 1. The number of fused-ring (bicyclic) bond motifs is 1. The summed E-state index contributed by atoms with van der Waals surface area (Å²) in [7, 11) is 3.49. The number of benzene rings is 1. The number of aryl methyl sites for hydroxylation is 1. The first kappa shape index (κ1) is 12.6. The first-order valence-corrected chi connectivity index (χ1v) is 6.37. The Morgan fingerprint density at radius 2 is 2.05 bits per heavy atom. The van der Waals surface area contributed by atoms with E-state index in [0.717, 1.165) is 22.2 Å². The van der Waals surface area contributed by atoms with Crippen LogP contribution in [0.5, 0.6) is 5.75 Å². The van der Waals surface area contributed by atoms with Crippen molar-refractivity contribution in [1.29, 1.82) is 0 Å². The molecule has 5 heteroatoms. The molecular formula is C15H16N4O.